The lowest BCUT2D eigenvalue weighted by atomic mass is 9.49. The molecule has 1 atom stereocenters. The fourth-order valence-electron chi connectivity index (χ4n) is 7.93. The summed E-state index contributed by atoms with van der Waals surface area (Å²) in [7, 11) is -3.31. The SMILES string of the molecule is C[Si](C)(C)C(p1nc(C23CC4CC(CC(C4)C2)C3)nc1-c1ccccc1)[Si](C)(C)C. The summed E-state index contributed by atoms with van der Waals surface area (Å²) in [6.45, 7) is 15.5. The number of aromatic nitrogens is 2. The van der Waals surface area contributed by atoms with Crippen LogP contribution in [0.2, 0.25) is 39.3 Å². The molecule has 4 aliphatic rings. The van der Waals surface area contributed by atoms with Crippen LogP contribution in [0.4, 0.5) is 0 Å². The normalized spacial score (nSPS) is 31.6. The van der Waals surface area contributed by atoms with Crippen molar-refractivity contribution in [3.05, 3.63) is 36.2 Å². The first kappa shape index (κ1) is 21.2. The topological polar surface area (TPSA) is 25.8 Å². The molecule has 5 heteroatoms. The summed E-state index contributed by atoms with van der Waals surface area (Å²) in [5.41, 5.74) is 3.02. The summed E-state index contributed by atoms with van der Waals surface area (Å²) in [6, 6.07) is 11.1. The third-order valence-electron chi connectivity index (χ3n) is 8.06. The number of nitrogens with zero attached hydrogens (tertiary/aromatic N) is 2. The van der Waals surface area contributed by atoms with Crippen molar-refractivity contribution in [3.63, 3.8) is 0 Å². The highest BCUT2D eigenvalue weighted by molar-refractivity contribution is 7.56. The lowest BCUT2D eigenvalue weighted by molar-refractivity contribution is -0.00881. The molecule has 1 heterocycles. The molecule has 1 unspecified atom stereocenters. The van der Waals surface area contributed by atoms with Crippen LogP contribution in [0.5, 0.6) is 0 Å². The first-order chi connectivity index (χ1) is 14.1. The van der Waals surface area contributed by atoms with E-state index in [2.05, 4.69) is 69.6 Å². The van der Waals surface area contributed by atoms with Gasteiger partial charge in [-0.1, -0.05) is 69.6 Å². The molecule has 0 amide bonds. The van der Waals surface area contributed by atoms with E-state index in [1.165, 1.54) is 55.3 Å². The van der Waals surface area contributed by atoms with E-state index in [0.717, 1.165) is 22.7 Å². The third-order valence-corrected chi connectivity index (χ3v) is 24.3. The minimum absolute atomic E-state index is 0.315. The van der Waals surface area contributed by atoms with Gasteiger partial charge in [0.2, 0.25) is 0 Å². The molecule has 0 spiro atoms. The smallest absolute Gasteiger partial charge is 0.139 e. The van der Waals surface area contributed by atoms with Gasteiger partial charge >= 0.3 is 0 Å². The van der Waals surface area contributed by atoms with Gasteiger partial charge in [-0.2, -0.15) is 0 Å². The summed E-state index contributed by atoms with van der Waals surface area (Å²) in [5.74, 6) is 4.15. The molecular formula is C25H39N2PSi2. The lowest BCUT2D eigenvalue weighted by Crippen LogP contribution is -2.49. The highest BCUT2D eigenvalue weighted by Crippen LogP contribution is 2.62. The van der Waals surface area contributed by atoms with Gasteiger partial charge in [0.1, 0.15) is 11.3 Å². The van der Waals surface area contributed by atoms with Crippen molar-refractivity contribution in [2.75, 3.05) is 0 Å². The molecule has 4 fully saturated rings. The van der Waals surface area contributed by atoms with Crippen molar-refractivity contribution in [2.24, 2.45) is 17.8 Å². The molecule has 0 aliphatic heterocycles. The Labute approximate surface area is 186 Å². The predicted octanol–water partition coefficient (Wildman–Crippen LogP) is 7.89. The van der Waals surface area contributed by atoms with Crippen molar-refractivity contribution >= 4 is 23.8 Å². The Bertz CT molecular complexity index is 874. The fraction of sp³-hybridized carbons (Fsp3) is 0.680. The molecule has 4 bridgehead atoms. The van der Waals surface area contributed by atoms with Crippen LogP contribution in [0, 0.1) is 17.8 Å². The highest BCUT2D eigenvalue weighted by Gasteiger charge is 2.54. The van der Waals surface area contributed by atoms with Crippen molar-refractivity contribution in [2.45, 2.75) is 88.1 Å². The van der Waals surface area contributed by atoms with Crippen LogP contribution < -0.4 is 0 Å². The van der Waals surface area contributed by atoms with Crippen LogP contribution in [0.15, 0.2) is 30.3 Å². The maximum absolute atomic E-state index is 5.72. The molecule has 1 aromatic carbocycles. The molecule has 30 heavy (non-hydrogen) atoms. The van der Waals surface area contributed by atoms with Gasteiger partial charge in [-0.15, -0.1) is 0 Å². The van der Waals surface area contributed by atoms with Crippen molar-refractivity contribution < 1.29 is 0 Å². The zero-order valence-corrected chi connectivity index (χ0v) is 22.7. The molecule has 2 aromatic rings. The zero-order chi connectivity index (χ0) is 21.3. The van der Waals surface area contributed by atoms with Crippen LogP contribution in [0.1, 0.15) is 49.3 Å². The second-order valence-corrected chi connectivity index (χ2v) is 26.9. The average molecular weight is 455 g/mol. The maximum Gasteiger partial charge on any atom is 0.139 e. The average Bonchev–Trinajstić information content (AvgIpc) is 3.04. The summed E-state index contributed by atoms with van der Waals surface area (Å²) in [6.07, 6.45) is 8.58. The van der Waals surface area contributed by atoms with Gasteiger partial charge < -0.3 is 0 Å². The van der Waals surface area contributed by atoms with Gasteiger partial charge in [0, 0.05) is 15.9 Å². The minimum Gasteiger partial charge on any atom is -0.226 e. The van der Waals surface area contributed by atoms with Gasteiger partial charge in [-0.25, -0.2) is 9.73 Å². The minimum atomic E-state index is -1.38. The third kappa shape index (κ3) is 3.61. The monoisotopic (exact) mass is 454 g/mol. The first-order valence-electron chi connectivity index (χ1n) is 12.1. The molecule has 6 rings (SSSR count). The summed E-state index contributed by atoms with van der Waals surface area (Å²) < 4.78 is 5.72. The summed E-state index contributed by atoms with van der Waals surface area (Å²) in [5, 5.41) is 0. The van der Waals surface area contributed by atoms with Crippen LogP contribution in [0.3, 0.4) is 0 Å². The van der Waals surface area contributed by atoms with Gasteiger partial charge in [0.05, 0.1) is 16.1 Å². The lowest BCUT2D eigenvalue weighted by Gasteiger charge is -2.55. The molecule has 4 saturated carbocycles. The maximum atomic E-state index is 5.72. The molecule has 0 radical (unpaired) electrons. The molecule has 1 aromatic heterocycles. The van der Waals surface area contributed by atoms with E-state index in [9.17, 15) is 0 Å². The molecule has 0 saturated heterocycles. The number of rotatable bonds is 5. The number of hydrogen-bond acceptors (Lipinski definition) is 2. The molecule has 162 valence electrons. The van der Waals surface area contributed by atoms with E-state index in [1.54, 1.807) is 0 Å². The van der Waals surface area contributed by atoms with Crippen LogP contribution in [-0.4, -0.2) is 25.9 Å². The highest BCUT2D eigenvalue weighted by atomic mass is 31.1. The zero-order valence-electron chi connectivity index (χ0n) is 19.8. The Morgan fingerprint density at radius 1 is 0.833 bits per heavy atom. The Balaban J connectivity index is 1.66. The predicted molar refractivity (Wildman–Crippen MR) is 136 cm³/mol. The number of benzene rings is 1. The Hall–Kier alpha value is -0.706. The quantitative estimate of drug-likeness (QED) is 0.429. The van der Waals surface area contributed by atoms with E-state index >= 15 is 0 Å². The Morgan fingerprint density at radius 2 is 1.33 bits per heavy atom. The first-order valence-corrected chi connectivity index (χ1v) is 20.6. The molecule has 4 aliphatic carbocycles. The van der Waals surface area contributed by atoms with E-state index in [0.29, 0.717) is 5.41 Å². The Kier molecular flexibility index (Phi) is 5.04. The second-order valence-electron chi connectivity index (χ2n) is 12.9. The van der Waals surface area contributed by atoms with E-state index in [4.69, 9.17) is 9.73 Å². The number of hydrogen-bond donors (Lipinski definition) is 0. The summed E-state index contributed by atoms with van der Waals surface area (Å²) >= 11 is 0. The van der Waals surface area contributed by atoms with E-state index < -0.39 is 23.8 Å². The van der Waals surface area contributed by atoms with Gasteiger partial charge in [-0.3, -0.25) is 0 Å². The van der Waals surface area contributed by atoms with Crippen LogP contribution in [0.25, 0.3) is 11.0 Å². The van der Waals surface area contributed by atoms with Crippen LogP contribution in [-0.2, 0) is 5.41 Å². The second kappa shape index (κ2) is 7.15. The Morgan fingerprint density at radius 3 is 1.80 bits per heavy atom. The fourth-order valence-corrected chi connectivity index (χ4v) is 26.8. The van der Waals surface area contributed by atoms with Crippen molar-refractivity contribution in [1.82, 2.24) is 9.73 Å². The molecular weight excluding hydrogens is 415 g/mol. The summed E-state index contributed by atoms with van der Waals surface area (Å²) in [4.78, 5) is 6.30. The van der Waals surface area contributed by atoms with Gasteiger partial charge in [-0.05, 0) is 64.0 Å². The molecule has 2 nitrogen and oxygen atoms in total. The largest absolute Gasteiger partial charge is 0.226 e. The van der Waals surface area contributed by atoms with E-state index in [1.807, 2.05) is 0 Å². The van der Waals surface area contributed by atoms with Crippen molar-refractivity contribution in [3.8, 4) is 11.0 Å². The van der Waals surface area contributed by atoms with Gasteiger partial charge in [0.15, 0.2) is 0 Å². The standard InChI is InChI=1S/C25H39N2PSi2/c1-29(2,3)24(30(4,5)6)28-22(21-10-8-7-9-11-21)26-23(27-28)25-15-18-12-19(16-25)14-20(13-18)17-25/h7-11,18-20,24H,12-17H2,1-6H3. The van der Waals surface area contributed by atoms with Crippen LogP contribution >= 0.6 is 7.69 Å². The van der Waals surface area contributed by atoms with Crippen molar-refractivity contribution in [1.29, 1.82) is 0 Å². The molecule has 0 N–H and O–H groups in total. The van der Waals surface area contributed by atoms with E-state index in [-0.39, 0.29) is 0 Å². The van der Waals surface area contributed by atoms with Gasteiger partial charge in [0.25, 0.3) is 0 Å².